The quantitative estimate of drug-likeness (QED) is 0.262. The number of ketones is 2. The van der Waals surface area contributed by atoms with E-state index in [2.05, 4.69) is 0 Å². The van der Waals surface area contributed by atoms with Crippen molar-refractivity contribution in [1.29, 1.82) is 0 Å². The molecule has 0 saturated heterocycles. The molecule has 0 unspecified atom stereocenters. The van der Waals surface area contributed by atoms with Gasteiger partial charge in [-0.25, -0.2) is 0 Å². The molecule has 1 aromatic rings. The lowest BCUT2D eigenvalue weighted by atomic mass is 10.0. The van der Waals surface area contributed by atoms with Crippen LogP contribution in [0.1, 0.15) is 19.4 Å². The van der Waals surface area contributed by atoms with Gasteiger partial charge in [0.1, 0.15) is 0 Å². The van der Waals surface area contributed by atoms with Gasteiger partial charge in [-0.2, -0.15) is 0 Å². The lowest BCUT2D eigenvalue weighted by molar-refractivity contribution is -0.398. The maximum absolute atomic E-state index is 11.2. The third kappa shape index (κ3) is 3.00. The Balaban J connectivity index is 3.30. The molecule has 0 heterocycles. The fraction of sp³-hybridized carbons (Fsp3) is 0.167. The lowest BCUT2D eigenvalue weighted by Gasteiger charge is -2.07. The van der Waals surface area contributed by atoms with Crippen molar-refractivity contribution >= 4 is 23.3 Å². The van der Waals surface area contributed by atoms with E-state index in [1.807, 2.05) is 0 Å². The summed E-state index contributed by atoms with van der Waals surface area (Å²) in [6, 6.07) is 3.39. The molecule has 0 aliphatic carbocycles. The minimum absolute atomic E-state index is 0.0667. The fourth-order valence-corrected chi connectivity index (χ4v) is 1.38. The monoisotopic (exact) mass is 248 g/mol. The van der Waals surface area contributed by atoms with Crippen LogP contribution < -0.4 is 5.11 Å². The Labute approximate surface area is 103 Å². The van der Waals surface area contributed by atoms with Gasteiger partial charge in [0.25, 0.3) is 5.69 Å². The minimum atomic E-state index is -0.805. The molecule has 1 rings (SSSR count). The molecule has 0 aliphatic rings. The summed E-state index contributed by atoms with van der Waals surface area (Å²) < 4.78 is 0. The Bertz CT molecular complexity index is 544. The van der Waals surface area contributed by atoms with Crippen LogP contribution in [0.3, 0.4) is 0 Å². The normalized spacial score (nSPS) is 9.67. The Hall–Kier alpha value is -2.50. The number of carbonyl (C=O) groups is 2. The molecule has 94 valence electrons. The van der Waals surface area contributed by atoms with Gasteiger partial charge < -0.3 is 5.11 Å². The maximum atomic E-state index is 11.2. The molecule has 0 saturated carbocycles. The van der Waals surface area contributed by atoms with Crippen molar-refractivity contribution in [2.75, 3.05) is 0 Å². The Morgan fingerprint density at radius 3 is 2.22 bits per heavy atom. The molecule has 0 aliphatic heterocycles. The Morgan fingerprint density at radius 1 is 1.22 bits per heavy atom. The summed E-state index contributed by atoms with van der Waals surface area (Å²) in [5, 5.41) is 21.7. The number of nitro benzene ring substituents is 1. The highest BCUT2D eigenvalue weighted by Gasteiger charge is 2.11. The van der Waals surface area contributed by atoms with Crippen LogP contribution >= 0.6 is 0 Å². The van der Waals surface area contributed by atoms with Crippen LogP contribution in [0.2, 0.25) is 0 Å². The van der Waals surface area contributed by atoms with E-state index < -0.39 is 27.9 Å². The van der Waals surface area contributed by atoms with Crippen molar-refractivity contribution in [1.82, 2.24) is 0 Å². The number of benzene rings is 1. The molecule has 0 fully saturated rings. The van der Waals surface area contributed by atoms with E-state index in [0.717, 1.165) is 12.1 Å². The lowest BCUT2D eigenvalue weighted by Crippen LogP contribution is -2.06. The molecular formula is C12H10NO5-. The summed E-state index contributed by atoms with van der Waals surface area (Å²) in [6.45, 7) is 2.45. The standard InChI is InChI=1S/C12H11NO5/c1-7(14)10(8(2)15)5-9-3-4-12(16)11(6-9)13(17)18/h3-6,16H,1-2H3/p-1. The van der Waals surface area contributed by atoms with Gasteiger partial charge in [-0.05, 0) is 31.2 Å². The number of carbonyl (C=O) groups excluding carboxylic acids is 2. The van der Waals surface area contributed by atoms with Crippen LogP contribution in [0.25, 0.3) is 6.08 Å². The number of hydrogen-bond donors (Lipinski definition) is 0. The maximum Gasteiger partial charge on any atom is 0.262 e. The predicted octanol–water partition coefficient (Wildman–Crippen LogP) is 1.23. The van der Waals surface area contributed by atoms with Crippen molar-refractivity contribution in [2.45, 2.75) is 13.8 Å². The molecule has 6 nitrogen and oxygen atoms in total. The summed E-state index contributed by atoms with van der Waals surface area (Å²) in [5.41, 5.74) is -0.389. The highest BCUT2D eigenvalue weighted by Crippen LogP contribution is 2.25. The van der Waals surface area contributed by atoms with E-state index in [-0.39, 0.29) is 11.1 Å². The molecule has 18 heavy (non-hydrogen) atoms. The third-order valence-corrected chi connectivity index (χ3v) is 2.25. The summed E-state index contributed by atoms with van der Waals surface area (Å²) in [7, 11) is 0. The molecule has 0 radical (unpaired) electrons. The first kappa shape index (κ1) is 13.6. The number of hydrogen-bond acceptors (Lipinski definition) is 5. The second-order valence-electron chi connectivity index (χ2n) is 3.65. The molecule has 6 heteroatoms. The highest BCUT2D eigenvalue weighted by atomic mass is 16.6. The number of allylic oxidation sites excluding steroid dienone is 1. The molecule has 0 atom stereocenters. The van der Waals surface area contributed by atoms with Crippen LogP contribution in [0.5, 0.6) is 5.75 Å². The number of rotatable bonds is 4. The van der Waals surface area contributed by atoms with E-state index in [4.69, 9.17) is 0 Å². The summed E-state index contributed by atoms with van der Waals surface area (Å²) in [4.78, 5) is 32.2. The number of Topliss-reactive ketones (excluding diaryl/α,β-unsaturated/α-hetero) is 2. The molecule has 0 aromatic heterocycles. The van der Waals surface area contributed by atoms with Gasteiger partial charge in [-0.1, -0.05) is 12.1 Å². The molecule has 0 bridgehead atoms. The average molecular weight is 248 g/mol. The fourth-order valence-electron chi connectivity index (χ4n) is 1.38. The number of nitro groups is 1. The van der Waals surface area contributed by atoms with Crippen molar-refractivity contribution in [3.05, 3.63) is 39.4 Å². The second kappa shape index (κ2) is 5.22. The summed E-state index contributed by atoms with van der Waals surface area (Å²) in [6.07, 6.45) is 1.23. The molecule has 1 aromatic carbocycles. The van der Waals surface area contributed by atoms with Crippen LogP contribution in [0.4, 0.5) is 5.69 Å². The van der Waals surface area contributed by atoms with E-state index in [1.54, 1.807) is 0 Å². The van der Waals surface area contributed by atoms with E-state index >= 15 is 0 Å². The Kier molecular flexibility index (Phi) is 3.93. The molecule has 0 amide bonds. The van der Waals surface area contributed by atoms with Crippen LogP contribution in [-0.4, -0.2) is 16.5 Å². The van der Waals surface area contributed by atoms with Crippen molar-refractivity contribution in [3.63, 3.8) is 0 Å². The first-order chi connectivity index (χ1) is 8.32. The molecular weight excluding hydrogens is 238 g/mol. The largest absolute Gasteiger partial charge is 0.868 e. The van der Waals surface area contributed by atoms with Crippen LogP contribution in [0, 0.1) is 10.1 Å². The zero-order chi connectivity index (χ0) is 13.9. The zero-order valence-corrected chi connectivity index (χ0v) is 9.80. The van der Waals surface area contributed by atoms with E-state index in [9.17, 15) is 24.8 Å². The minimum Gasteiger partial charge on any atom is -0.868 e. The molecule has 0 N–H and O–H groups in total. The van der Waals surface area contributed by atoms with Crippen LogP contribution in [-0.2, 0) is 9.59 Å². The molecule has 0 spiro atoms. The van der Waals surface area contributed by atoms with E-state index in [1.165, 1.54) is 26.0 Å². The van der Waals surface area contributed by atoms with E-state index in [0.29, 0.717) is 0 Å². The number of nitrogens with zero attached hydrogens (tertiary/aromatic N) is 1. The topological polar surface area (TPSA) is 100 Å². The SMILES string of the molecule is CC(=O)C(=Cc1ccc([O-])c([N+](=O)[O-])c1)C(C)=O. The van der Waals surface area contributed by atoms with Crippen LogP contribution in [0.15, 0.2) is 23.8 Å². The van der Waals surface area contributed by atoms with Gasteiger partial charge in [-0.15, -0.1) is 0 Å². The van der Waals surface area contributed by atoms with Gasteiger partial charge in [0.15, 0.2) is 11.6 Å². The first-order valence-corrected chi connectivity index (χ1v) is 5.02. The van der Waals surface area contributed by atoms with Crippen molar-refractivity contribution in [3.8, 4) is 5.75 Å². The zero-order valence-electron chi connectivity index (χ0n) is 9.80. The van der Waals surface area contributed by atoms with Gasteiger partial charge in [0, 0.05) is 6.07 Å². The van der Waals surface area contributed by atoms with Crippen molar-refractivity contribution < 1.29 is 19.6 Å². The van der Waals surface area contributed by atoms with Crippen molar-refractivity contribution in [2.24, 2.45) is 0 Å². The van der Waals surface area contributed by atoms with Gasteiger partial charge in [0.2, 0.25) is 0 Å². The van der Waals surface area contributed by atoms with Gasteiger partial charge in [0.05, 0.1) is 10.5 Å². The first-order valence-electron chi connectivity index (χ1n) is 5.02. The van der Waals surface area contributed by atoms with Gasteiger partial charge >= 0.3 is 0 Å². The summed E-state index contributed by atoms with van der Waals surface area (Å²) in [5.74, 6) is -1.59. The van der Waals surface area contributed by atoms with Gasteiger partial charge in [-0.3, -0.25) is 19.7 Å². The predicted molar refractivity (Wildman–Crippen MR) is 61.9 cm³/mol. The Morgan fingerprint density at radius 2 is 1.78 bits per heavy atom. The summed E-state index contributed by atoms with van der Waals surface area (Å²) >= 11 is 0. The second-order valence-corrected chi connectivity index (χ2v) is 3.65. The average Bonchev–Trinajstić information content (AvgIpc) is 2.26. The highest BCUT2D eigenvalue weighted by molar-refractivity contribution is 6.21. The smallest absolute Gasteiger partial charge is 0.262 e. The third-order valence-electron chi connectivity index (χ3n) is 2.25.